The highest BCUT2D eigenvalue weighted by Gasteiger charge is 2.08. The van der Waals surface area contributed by atoms with E-state index in [2.05, 4.69) is 20.5 Å². The summed E-state index contributed by atoms with van der Waals surface area (Å²) in [6.07, 6.45) is 3.48. The van der Waals surface area contributed by atoms with Crippen LogP contribution in [0.4, 0.5) is 4.39 Å². The lowest BCUT2D eigenvalue weighted by molar-refractivity contribution is 0.477. The van der Waals surface area contributed by atoms with E-state index < -0.39 is 0 Å². The molecule has 3 aromatic rings. The van der Waals surface area contributed by atoms with Gasteiger partial charge in [-0.15, -0.1) is 10.2 Å². The van der Waals surface area contributed by atoms with Crippen molar-refractivity contribution in [2.75, 3.05) is 0 Å². The molecule has 106 valence electrons. The molecule has 1 aromatic carbocycles. The van der Waals surface area contributed by atoms with Gasteiger partial charge in [0.1, 0.15) is 5.82 Å². The maximum atomic E-state index is 13.1. The fourth-order valence-electron chi connectivity index (χ4n) is 1.88. The maximum absolute atomic E-state index is 13.1. The number of rotatable bonds is 5. The largest absolute Gasteiger partial charge is 0.419 e. The second kappa shape index (κ2) is 6.23. The average Bonchev–Trinajstić information content (AvgIpc) is 2.97. The molecule has 0 saturated heterocycles. The van der Waals surface area contributed by atoms with Gasteiger partial charge < -0.3 is 9.73 Å². The molecule has 0 unspecified atom stereocenters. The van der Waals surface area contributed by atoms with Crippen LogP contribution in [0.15, 0.2) is 53.2 Å². The Morgan fingerprint density at radius 2 is 1.90 bits per heavy atom. The van der Waals surface area contributed by atoms with Gasteiger partial charge in [-0.25, -0.2) is 4.39 Å². The zero-order valence-corrected chi connectivity index (χ0v) is 11.2. The SMILES string of the molecule is Fc1cccc(-c2nnc(CNCc3ccncc3)o2)c1. The van der Waals surface area contributed by atoms with Crippen molar-refractivity contribution < 1.29 is 8.81 Å². The Kier molecular flexibility index (Phi) is 3.97. The quantitative estimate of drug-likeness (QED) is 0.780. The van der Waals surface area contributed by atoms with Gasteiger partial charge in [0.05, 0.1) is 6.54 Å². The third-order valence-corrected chi connectivity index (χ3v) is 2.89. The van der Waals surface area contributed by atoms with Crippen LogP contribution >= 0.6 is 0 Å². The van der Waals surface area contributed by atoms with Crippen LogP contribution in [0.3, 0.4) is 0 Å². The highest BCUT2D eigenvalue weighted by atomic mass is 19.1. The average molecular weight is 284 g/mol. The Hall–Kier alpha value is -2.60. The molecule has 0 spiro atoms. The van der Waals surface area contributed by atoms with E-state index in [9.17, 15) is 4.39 Å². The van der Waals surface area contributed by atoms with Crippen molar-refractivity contribution in [1.29, 1.82) is 0 Å². The molecule has 6 heteroatoms. The molecule has 0 amide bonds. The summed E-state index contributed by atoms with van der Waals surface area (Å²) >= 11 is 0. The molecule has 2 heterocycles. The Labute approximate surface area is 120 Å². The van der Waals surface area contributed by atoms with Gasteiger partial charge in [0, 0.05) is 24.5 Å². The lowest BCUT2D eigenvalue weighted by atomic mass is 10.2. The molecule has 0 atom stereocenters. The zero-order chi connectivity index (χ0) is 14.5. The van der Waals surface area contributed by atoms with E-state index in [4.69, 9.17) is 4.42 Å². The van der Waals surface area contributed by atoms with Crippen LogP contribution in [0.2, 0.25) is 0 Å². The number of hydrogen-bond acceptors (Lipinski definition) is 5. The molecule has 0 radical (unpaired) electrons. The van der Waals surface area contributed by atoms with Gasteiger partial charge in [-0.1, -0.05) is 6.07 Å². The summed E-state index contributed by atoms with van der Waals surface area (Å²) in [6, 6.07) is 9.93. The van der Waals surface area contributed by atoms with E-state index in [0.717, 1.165) is 5.56 Å². The third-order valence-electron chi connectivity index (χ3n) is 2.89. The van der Waals surface area contributed by atoms with Crippen molar-refractivity contribution in [3.05, 3.63) is 66.1 Å². The number of halogens is 1. The first-order chi connectivity index (χ1) is 10.3. The highest BCUT2D eigenvalue weighted by molar-refractivity contribution is 5.52. The second-order valence-electron chi connectivity index (χ2n) is 4.47. The second-order valence-corrected chi connectivity index (χ2v) is 4.47. The lowest BCUT2D eigenvalue weighted by Gasteiger charge is -2.01. The van der Waals surface area contributed by atoms with Crippen LogP contribution in [0.1, 0.15) is 11.5 Å². The van der Waals surface area contributed by atoms with Crippen molar-refractivity contribution in [2.45, 2.75) is 13.1 Å². The number of pyridine rings is 1. The summed E-state index contributed by atoms with van der Waals surface area (Å²) < 4.78 is 18.6. The molecular weight excluding hydrogens is 271 g/mol. The van der Waals surface area contributed by atoms with E-state index in [-0.39, 0.29) is 5.82 Å². The van der Waals surface area contributed by atoms with Gasteiger partial charge in [0.15, 0.2) is 0 Å². The van der Waals surface area contributed by atoms with E-state index in [1.54, 1.807) is 24.5 Å². The molecule has 0 fully saturated rings. The van der Waals surface area contributed by atoms with Gasteiger partial charge >= 0.3 is 0 Å². The first kappa shape index (κ1) is 13.4. The number of nitrogens with one attached hydrogen (secondary N) is 1. The van der Waals surface area contributed by atoms with Crippen LogP contribution in [0.5, 0.6) is 0 Å². The minimum atomic E-state index is -0.330. The number of hydrogen-bond donors (Lipinski definition) is 1. The lowest BCUT2D eigenvalue weighted by Crippen LogP contribution is -2.12. The molecule has 5 nitrogen and oxygen atoms in total. The highest BCUT2D eigenvalue weighted by Crippen LogP contribution is 2.18. The monoisotopic (exact) mass is 284 g/mol. The summed E-state index contributed by atoms with van der Waals surface area (Å²) in [5.41, 5.74) is 1.69. The Balaban J connectivity index is 1.60. The smallest absolute Gasteiger partial charge is 0.247 e. The van der Waals surface area contributed by atoms with Crippen LogP contribution < -0.4 is 5.32 Å². The van der Waals surface area contributed by atoms with E-state index in [1.807, 2.05) is 12.1 Å². The molecule has 2 aromatic heterocycles. The topological polar surface area (TPSA) is 63.8 Å². The number of benzene rings is 1. The first-order valence-corrected chi connectivity index (χ1v) is 6.49. The van der Waals surface area contributed by atoms with Crippen molar-refractivity contribution in [3.63, 3.8) is 0 Å². The third kappa shape index (κ3) is 3.49. The predicted octanol–water partition coefficient (Wildman–Crippen LogP) is 2.56. The van der Waals surface area contributed by atoms with Crippen LogP contribution in [-0.4, -0.2) is 15.2 Å². The van der Waals surface area contributed by atoms with Crippen molar-refractivity contribution in [3.8, 4) is 11.5 Å². The Morgan fingerprint density at radius 1 is 1.05 bits per heavy atom. The van der Waals surface area contributed by atoms with Gasteiger partial charge in [-0.05, 0) is 35.9 Å². The van der Waals surface area contributed by atoms with Crippen LogP contribution in [-0.2, 0) is 13.1 Å². The molecule has 0 aliphatic heterocycles. The molecule has 0 saturated carbocycles. The molecule has 1 N–H and O–H groups in total. The first-order valence-electron chi connectivity index (χ1n) is 6.49. The van der Waals surface area contributed by atoms with E-state index in [1.165, 1.54) is 12.1 Å². The summed E-state index contributed by atoms with van der Waals surface area (Å²) in [7, 11) is 0. The number of aromatic nitrogens is 3. The Morgan fingerprint density at radius 3 is 2.71 bits per heavy atom. The van der Waals surface area contributed by atoms with Gasteiger partial charge in [0.2, 0.25) is 11.8 Å². The van der Waals surface area contributed by atoms with Crippen molar-refractivity contribution >= 4 is 0 Å². The summed E-state index contributed by atoms with van der Waals surface area (Å²) in [5.74, 6) is 0.446. The summed E-state index contributed by atoms with van der Waals surface area (Å²) in [5, 5.41) is 11.1. The molecule has 0 bridgehead atoms. The predicted molar refractivity (Wildman–Crippen MR) is 74.5 cm³/mol. The number of nitrogens with zero attached hydrogens (tertiary/aromatic N) is 3. The summed E-state index contributed by atoms with van der Waals surface area (Å²) in [4.78, 5) is 3.96. The molecule has 3 rings (SSSR count). The standard InChI is InChI=1S/C15H13FN4O/c16-13-3-1-2-12(8-13)15-20-19-14(21-15)10-18-9-11-4-6-17-7-5-11/h1-8,18H,9-10H2. The fourth-order valence-corrected chi connectivity index (χ4v) is 1.88. The van der Waals surface area contributed by atoms with Crippen molar-refractivity contribution in [2.24, 2.45) is 0 Å². The molecule has 0 aliphatic carbocycles. The Bertz CT molecular complexity index is 714. The minimum Gasteiger partial charge on any atom is -0.419 e. The minimum absolute atomic E-state index is 0.315. The molecular formula is C15H13FN4O. The van der Waals surface area contributed by atoms with Gasteiger partial charge in [-0.3, -0.25) is 4.98 Å². The van der Waals surface area contributed by atoms with Crippen LogP contribution in [0.25, 0.3) is 11.5 Å². The van der Waals surface area contributed by atoms with Gasteiger partial charge in [-0.2, -0.15) is 0 Å². The van der Waals surface area contributed by atoms with Gasteiger partial charge in [0.25, 0.3) is 0 Å². The molecule has 21 heavy (non-hydrogen) atoms. The van der Waals surface area contributed by atoms with E-state index >= 15 is 0 Å². The van der Waals surface area contributed by atoms with Crippen molar-refractivity contribution in [1.82, 2.24) is 20.5 Å². The maximum Gasteiger partial charge on any atom is 0.247 e. The van der Waals surface area contributed by atoms with E-state index in [0.29, 0.717) is 30.4 Å². The molecule has 0 aliphatic rings. The fraction of sp³-hybridized carbons (Fsp3) is 0.133. The van der Waals surface area contributed by atoms with Crippen LogP contribution in [0, 0.1) is 5.82 Å². The zero-order valence-electron chi connectivity index (χ0n) is 11.2. The summed E-state index contributed by atoms with van der Waals surface area (Å²) in [6.45, 7) is 1.13. The normalized spacial score (nSPS) is 10.7.